The smallest absolute Gasteiger partial charge is 0.442 e. The van der Waals surface area contributed by atoms with Crippen molar-refractivity contribution in [3.63, 3.8) is 0 Å². The molecule has 1 amide bonds. The van der Waals surface area contributed by atoms with Crippen molar-refractivity contribution in [2.75, 3.05) is 42.9 Å². The lowest BCUT2D eigenvalue weighted by atomic mass is 9.95. The molecule has 0 saturated carbocycles. The van der Waals surface area contributed by atoms with E-state index < -0.39 is 30.1 Å². The number of carbonyl (C=O) groups is 3. The molecular weight excluding hydrogens is 510 g/mol. The standard InChI is InChI=1S/C27H27N3O7S/c31-22(18-7-6-17-16-23-25(32)30(21(17)15-18)37-27(34)26(33)36-23)4-2-9-28-10-11-29(35-13-12-28)20-3-1-5-24-19(20)8-14-38-24/h1,3,5-8,14-15,22-23,31H,2,4,9-13,16H2. The van der Waals surface area contributed by atoms with Crippen LogP contribution in [0.4, 0.5) is 11.4 Å². The number of thiophene rings is 1. The van der Waals surface area contributed by atoms with E-state index in [4.69, 9.17) is 14.4 Å². The minimum Gasteiger partial charge on any atom is -0.443 e. The van der Waals surface area contributed by atoms with E-state index in [1.807, 2.05) is 5.06 Å². The molecule has 11 heteroatoms. The Kier molecular flexibility index (Phi) is 6.75. The molecule has 198 valence electrons. The van der Waals surface area contributed by atoms with Gasteiger partial charge in [-0.3, -0.25) is 19.6 Å². The summed E-state index contributed by atoms with van der Waals surface area (Å²) < 4.78 is 6.18. The Labute approximate surface area is 222 Å². The molecule has 0 spiro atoms. The minimum absolute atomic E-state index is 0.151. The van der Waals surface area contributed by atoms with Gasteiger partial charge in [-0.25, -0.2) is 9.59 Å². The normalized spacial score (nSPS) is 21.0. The average molecular weight is 538 g/mol. The third-order valence-corrected chi connectivity index (χ3v) is 8.03. The molecule has 2 unspecified atom stereocenters. The fraction of sp³-hybridized carbons (Fsp3) is 0.370. The van der Waals surface area contributed by atoms with E-state index in [-0.39, 0.29) is 6.42 Å². The molecule has 2 aromatic carbocycles. The highest BCUT2D eigenvalue weighted by Gasteiger charge is 2.43. The van der Waals surface area contributed by atoms with Crippen LogP contribution in [0, 0.1) is 0 Å². The molecule has 3 aliphatic heterocycles. The van der Waals surface area contributed by atoms with Crippen LogP contribution in [-0.4, -0.2) is 66.7 Å². The highest BCUT2D eigenvalue weighted by molar-refractivity contribution is 7.17. The SMILES string of the molecule is O=C1OC2Cc3ccc(C(O)CCCN4CCON(c5cccc6sccc56)CC4)cc3N(OC1=O)C2=O. The van der Waals surface area contributed by atoms with Crippen LogP contribution in [0.3, 0.4) is 0 Å². The van der Waals surface area contributed by atoms with Crippen LogP contribution in [0.5, 0.6) is 0 Å². The number of benzene rings is 2. The zero-order valence-electron chi connectivity index (χ0n) is 20.6. The number of hydrogen-bond acceptors (Lipinski definition) is 10. The largest absolute Gasteiger partial charge is 0.443 e. The molecule has 38 heavy (non-hydrogen) atoms. The first kappa shape index (κ1) is 24.8. The summed E-state index contributed by atoms with van der Waals surface area (Å²) in [5.74, 6) is -3.05. The van der Waals surface area contributed by atoms with Crippen molar-refractivity contribution in [1.82, 2.24) is 4.90 Å². The number of fused-ring (bicyclic) bond motifs is 5. The van der Waals surface area contributed by atoms with E-state index in [0.717, 1.165) is 43.4 Å². The molecule has 2 fully saturated rings. The number of aliphatic hydroxyl groups excluding tert-OH is 1. The van der Waals surface area contributed by atoms with Crippen LogP contribution < -0.4 is 10.1 Å². The number of hydrogen-bond donors (Lipinski definition) is 1. The monoisotopic (exact) mass is 537 g/mol. The van der Waals surface area contributed by atoms with Crippen molar-refractivity contribution in [1.29, 1.82) is 0 Å². The summed E-state index contributed by atoms with van der Waals surface area (Å²) >= 11 is 1.72. The van der Waals surface area contributed by atoms with Crippen LogP contribution in [0.2, 0.25) is 0 Å². The van der Waals surface area contributed by atoms with E-state index in [1.165, 1.54) is 10.1 Å². The molecule has 2 saturated heterocycles. The molecule has 0 aliphatic carbocycles. The number of esters is 1. The highest BCUT2D eigenvalue weighted by atomic mass is 32.1. The van der Waals surface area contributed by atoms with E-state index in [2.05, 4.69) is 34.5 Å². The number of hydroxylamine groups is 2. The van der Waals surface area contributed by atoms with Gasteiger partial charge in [0.25, 0.3) is 0 Å². The number of nitrogens with zero attached hydrogens (tertiary/aromatic N) is 3. The van der Waals surface area contributed by atoms with E-state index in [9.17, 15) is 19.5 Å². The molecular formula is C27H27N3O7S. The van der Waals surface area contributed by atoms with Gasteiger partial charge in [0.15, 0.2) is 6.10 Å². The molecule has 1 aromatic heterocycles. The second-order valence-corrected chi connectivity index (χ2v) is 10.5. The van der Waals surface area contributed by atoms with Crippen LogP contribution in [0.25, 0.3) is 10.1 Å². The zero-order valence-corrected chi connectivity index (χ0v) is 21.4. The molecule has 1 N–H and O–H groups in total. The molecule has 0 radical (unpaired) electrons. The van der Waals surface area contributed by atoms with Gasteiger partial charge in [0.05, 0.1) is 30.6 Å². The predicted molar refractivity (Wildman–Crippen MR) is 139 cm³/mol. The van der Waals surface area contributed by atoms with Gasteiger partial charge in [0.2, 0.25) is 0 Å². The summed E-state index contributed by atoms with van der Waals surface area (Å²) in [5, 5.41) is 17.0. The van der Waals surface area contributed by atoms with Gasteiger partial charge in [0.1, 0.15) is 0 Å². The van der Waals surface area contributed by atoms with Gasteiger partial charge in [0, 0.05) is 29.6 Å². The van der Waals surface area contributed by atoms with Crippen LogP contribution in [-0.2, 0) is 35.2 Å². The summed E-state index contributed by atoms with van der Waals surface area (Å²) in [5.41, 5.74) is 2.74. The minimum atomic E-state index is -1.24. The van der Waals surface area contributed by atoms with Crippen LogP contribution in [0.15, 0.2) is 47.8 Å². The fourth-order valence-electron chi connectivity index (χ4n) is 5.14. The van der Waals surface area contributed by atoms with E-state index >= 15 is 0 Å². The Hall–Kier alpha value is -3.51. The zero-order chi connectivity index (χ0) is 26.2. The van der Waals surface area contributed by atoms with E-state index in [0.29, 0.717) is 29.8 Å². The molecule has 10 nitrogen and oxygen atoms in total. The summed E-state index contributed by atoms with van der Waals surface area (Å²) in [6.07, 6.45) is -0.418. The number of amides is 1. The maximum atomic E-state index is 12.6. The topological polar surface area (TPSA) is 109 Å². The molecule has 3 aliphatic rings. The molecule has 2 atom stereocenters. The van der Waals surface area contributed by atoms with Crippen molar-refractivity contribution < 1.29 is 33.9 Å². The number of rotatable bonds is 6. The molecule has 2 bridgehead atoms. The first-order chi connectivity index (χ1) is 18.5. The second-order valence-electron chi connectivity index (χ2n) is 9.54. The lowest BCUT2D eigenvalue weighted by Gasteiger charge is -2.29. The lowest BCUT2D eigenvalue weighted by molar-refractivity contribution is -0.166. The maximum Gasteiger partial charge on any atom is 0.442 e. The van der Waals surface area contributed by atoms with Crippen molar-refractivity contribution in [3.05, 3.63) is 59.0 Å². The van der Waals surface area contributed by atoms with Crippen molar-refractivity contribution in [3.8, 4) is 0 Å². The molecule has 4 heterocycles. The molecule has 6 rings (SSSR count). The Bertz CT molecular complexity index is 1390. The fourth-order valence-corrected chi connectivity index (χ4v) is 5.95. The Morgan fingerprint density at radius 1 is 1.03 bits per heavy atom. The summed E-state index contributed by atoms with van der Waals surface area (Å²) in [7, 11) is 0. The Morgan fingerprint density at radius 2 is 1.92 bits per heavy atom. The van der Waals surface area contributed by atoms with Crippen LogP contribution in [0.1, 0.15) is 30.1 Å². The number of carbonyl (C=O) groups excluding carboxylic acids is 3. The van der Waals surface area contributed by atoms with E-state index in [1.54, 1.807) is 29.5 Å². The van der Waals surface area contributed by atoms with Gasteiger partial charge in [-0.15, -0.1) is 16.4 Å². The highest BCUT2D eigenvalue weighted by Crippen LogP contribution is 2.35. The van der Waals surface area contributed by atoms with Gasteiger partial charge in [-0.1, -0.05) is 18.2 Å². The third-order valence-electron chi connectivity index (χ3n) is 7.15. The third kappa shape index (κ3) is 4.73. The van der Waals surface area contributed by atoms with Gasteiger partial charge in [-0.2, -0.15) is 0 Å². The quantitative estimate of drug-likeness (QED) is 0.375. The molecule has 3 aromatic rings. The van der Waals surface area contributed by atoms with Crippen molar-refractivity contribution in [2.45, 2.75) is 31.5 Å². The van der Waals surface area contributed by atoms with Crippen molar-refractivity contribution >= 4 is 50.6 Å². The first-order valence-electron chi connectivity index (χ1n) is 12.6. The summed E-state index contributed by atoms with van der Waals surface area (Å²) in [4.78, 5) is 49.5. The van der Waals surface area contributed by atoms with Gasteiger partial charge < -0.3 is 14.7 Å². The van der Waals surface area contributed by atoms with Gasteiger partial charge in [-0.05, 0) is 60.2 Å². The second kappa shape index (κ2) is 10.3. The first-order valence-corrected chi connectivity index (χ1v) is 13.5. The summed E-state index contributed by atoms with van der Waals surface area (Å²) in [6.45, 7) is 3.79. The Balaban J connectivity index is 1.05. The maximum absolute atomic E-state index is 12.6. The summed E-state index contributed by atoms with van der Waals surface area (Å²) in [6, 6.07) is 13.6. The lowest BCUT2D eigenvalue weighted by Crippen LogP contribution is -2.43. The number of aliphatic hydroxyl groups is 1. The van der Waals surface area contributed by atoms with Crippen LogP contribution >= 0.6 is 11.3 Å². The predicted octanol–water partition coefficient (Wildman–Crippen LogP) is 2.74. The average Bonchev–Trinajstić information content (AvgIpc) is 3.26. The Morgan fingerprint density at radius 3 is 2.82 bits per heavy atom. The van der Waals surface area contributed by atoms with Crippen molar-refractivity contribution in [2.24, 2.45) is 0 Å². The number of anilines is 2. The number of ether oxygens (including phenoxy) is 1. The van der Waals surface area contributed by atoms with Gasteiger partial charge >= 0.3 is 17.8 Å².